The largest absolute Gasteiger partial charge is 0.481 e. The summed E-state index contributed by atoms with van der Waals surface area (Å²) in [5, 5.41) is 19.0. The molecule has 0 heterocycles. The van der Waals surface area contributed by atoms with Crippen LogP contribution in [0.2, 0.25) is 0 Å². The maximum absolute atomic E-state index is 12.9. The van der Waals surface area contributed by atoms with Crippen LogP contribution < -0.4 is 0 Å². The normalized spacial score (nSPS) is 10.0. The van der Waals surface area contributed by atoms with Crippen molar-refractivity contribution in [3.8, 4) is 0 Å². The van der Waals surface area contributed by atoms with Gasteiger partial charge in [0.15, 0.2) is 0 Å². The van der Waals surface area contributed by atoms with Crippen LogP contribution >= 0.6 is 15.9 Å². The van der Waals surface area contributed by atoms with E-state index in [1.807, 2.05) is 0 Å². The molecule has 15 heavy (non-hydrogen) atoms. The van der Waals surface area contributed by atoms with Crippen LogP contribution in [0.5, 0.6) is 0 Å². The smallest absolute Gasteiger partial charge is 0.307 e. The lowest BCUT2D eigenvalue weighted by atomic mass is 10.1. The maximum atomic E-state index is 12.9. The number of hydrogen-bond donors (Lipinski definition) is 1. The van der Waals surface area contributed by atoms with E-state index in [4.69, 9.17) is 5.11 Å². The number of carboxylic acid groups (broad SMARTS) is 1. The van der Waals surface area contributed by atoms with Crippen molar-refractivity contribution in [3.63, 3.8) is 0 Å². The average Bonchev–Trinajstić information content (AvgIpc) is 2.09. The van der Waals surface area contributed by atoms with Crippen LogP contribution in [-0.2, 0) is 11.2 Å². The standard InChI is InChI=1S/C8H5BrFNO4/c9-8-4(2-7(12)13)1-5(10)3-6(8)11(14)15/h1,3H,2H2,(H,12,13). The third-order valence-corrected chi connectivity index (χ3v) is 2.55. The quantitative estimate of drug-likeness (QED) is 0.678. The second-order valence-electron chi connectivity index (χ2n) is 2.73. The number of carbonyl (C=O) groups is 1. The van der Waals surface area contributed by atoms with Gasteiger partial charge in [0.05, 0.1) is 21.9 Å². The second kappa shape index (κ2) is 4.35. The molecule has 0 saturated heterocycles. The molecular weight excluding hydrogens is 273 g/mol. The van der Waals surface area contributed by atoms with Crippen LogP contribution in [0.4, 0.5) is 10.1 Å². The number of carboxylic acids is 1. The van der Waals surface area contributed by atoms with Gasteiger partial charge in [-0.2, -0.15) is 0 Å². The Hall–Kier alpha value is -1.50. The second-order valence-corrected chi connectivity index (χ2v) is 3.52. The molecule has 0 unspecified atom stereocenters. The number of benzene rings is 1. The molecule has 0 saturated carbocycles. The zero-order chi connectivity index (χ0) is 11.6. The summed E-state index contributed by atoms with van der Waals surface area (Å²) in [6.07, 6.45) is -0.473. The summed E-state index contributed by atoms with van der Waals surface area (Å²) in [5.74, 6) is -2.02. The van der Waals surface area contributed by atoms with E-state index in [1.54, 1.807) is 0 Å². The number of nitro groups is 1. The van der Waals surface area contributed by atoms with Crippen molar-refractivity contribution in [3.05, 3.63) is 38.1 Å². The van der Waals surface area contributed by atoms with Crippen molar-refractivity contribution in [1.82, 2.24) is 0 Å². The molecule has 5 nitrogen and oxygen atoms in total. The van der Waals surface area contributed by atoms with Crippen LogP contribution in [0.25, 0.3) is 0 Å². The first-order valence-corrected chi connectivity index (χ1v) is 4.55. The van der Waals surface area contributed by atoms with Gasteiger partial charge in [0.1, 0.15) is 5.82 Å². The van der Waals surface area contributed by atoms with Crippen molar-refractivity contribution in [2.24, 2.45) is 0 Å². The van der Waals surface area contributed by atoms with Gasteiger partial charge in [0.25, 0.3) is 5.69 Å². The van der Waals surface area contributed by atoms with Crippen molar-refractivity contribution < 1.29 is 19.2 Å². The van der Waals surface area contributed by atoms with Crippen LogP contribution in [-0.4, -0.2) is 16.0 Å². The van der Waals surface area contributed by atoms with Crippen LogP contribution in [0.3, 0.4) is 0 Å². The number of nitrogens with zero attached hydrogens (tertiary/aromatic N) is 1. The minimum absolute atomic E-state index is 0.00343. The fraction of sp³-hybridized carbons (Fsp3) is 0.125. The molecule has 0 atom stereocenters. The topological polar surface area (TPSA) is 80.4 Å². The summed E-state index contributed by atoms with van der Waals surface area (Å²) < 4.78 is 12.9. The molecule has 1 N–H and O–H groups in total. The van der Waals surface area contributed by atoms with E-state index in [2.05, 4.69) is 15.9 Å². The summed E-state index contributed by atoms with van der Waals surface area (Å²) >= 11 is 2.87. The fourth-order valence-corrected chi connectivity index (χ4v) is 1.57. The third kappa shape index (κ3) is 2.72. The molecule has 7 heteroatoms. The van der Waals surface area contributed by atoms with E-state index in [-0.39, 0.29) is 10.0 Å². The predicted octanol–water partition coefficient (Wildman–Crippen LogP) is 2.12. The molecule has 0 aromatic heterocycles. The van der Waals surface area contributed by atoms with Crippen LogP contribution in [0.15, 0.2) is 16.6 Å². The molecular formula is C8H5BrFNO4. The van der Waals surface area contributed by atoms with Gasteiger partial charge < -0.3 is 5.11 Å². The van der Waals surface area contributed by atoms with E-state index in [9.17, 15) is 19.3 Å². The molecule has 0 radical (unpaired) electrons. The number of hydrogen-bond acceptors (Lipinski definition) is 3. The fourth-order valence-electron chi connectivity index (χ4n) is 1.05. The Morgan fingerprint density at radius 1 is 1.60 bits per heavy atom. The monoisotopic (exact) mass is 277 g/mol. The first-order valence-electron chi connectivity index (χ1n) is 3.76. The summed E-state index contributed by atoms with van der Waals surface area (Å²) in [5.41, 5.74) is -0.444. The lowest BCUT2D eigenvalue weighted by molar-refractivity contribution is -0.385. The lowest BCUT2D eigenvalue weighted by Crippen LogP contribution is -2.03. The van der Waals surface area contributed by atoms with E-state index < -0.39 is 28.8 Å². The molecule has 0 amide bonds. The van der Waals surface area contributed by atoms with Gasteiger partial charge in [-0.1, -0.05) is 0 Å². The van der Waals surface area contributed by atoms with Crippen molar-refractivity contribution in [2.75, 3.05) is 0 Å². The predicted molar refractivity (Wildman–Crippen MR) is 52.1 cm³/mol. The SMILES string of the molecule is O=C(O)Cc1cc(F)cc([N+](=O)[O-])c1Br. The minimum atomic E-state index is -1.18. The first-order chi connectivity index (χ1) is 6.91. The highest BCUT2D eigenvalue weighted by atomic mass is 79.9. The molecule has 0 aliphatic rings. The van der Waals surface area contributed by atoms with E-state index in [1.165, 1.54) is 0 Å². The highest BCUT2D eigenvalue weighted by Crippen LogP contribution is 2.29. The minimum Gasteiger partial charge on any atom is -0.481 e. The molecule has 0 aliphatic carbocycles. The summed E-state index contributed by atoms with van der Waals surface area (Å²) in [6.45, 7) is 0. The van der Waals surface area contributed by atoms with Gasteiger partial charge in [-0.15, -0.1) is 0 Å². The Balaban J connectivity index is 3.28. The van der Waals surface area contributed by atoms with Gasteiger partial charge >= 0.3 is 5.97 Å². The Morgan fingerprint density at radius 2 is 2.20 bits per heavy atom. The van der Waals surface area contributed by atoms with Gasteiger partial charge in [0.2, 0.25) is 0 Å². The Bertz CT molecular complexity index is 435. The molecule has 0 spiro atoms. The summed E-state index contributed by atoms with van der Waals surface area (Å²) in [6, 6.07) is 1.68. The number of nitro benzene ring substituents is 1. The number of aliphatic carboxylic acids is 1. The van der Waals surface area contributed by atoms with E-state index in [0.717, 1.165) is 12.1 Å². The van der Waals surface area contributed by atoms with Gasteiger partial charge in [-0.3, -0.25) is 14.9 Å². The molecule has 0 aliphatic heterocycles. The van der Waals surface area contributed by atoms with Crippen molar-refractivity contribution in [1.29, 1.82) is 0 Å². The summed E-state index contributed by atoms with van der Waals surface area (Å²) in [4.78, 5) is 20.1. The van der Waals surface area contributed by atoms with Gasteiger partial charge in [0, 0.05) is 0 Å². The van der Waals surface area contributed by atoms with Crippen molar-refractivity contribution in [2.45, 2.75) is 6.42 Å². The molecule has 80 valence electrons. The third-order valence-electron chi connectivity index (χ3n) is 1.63. The Morgan fingerprint density at radius 3 is 2.67 bits per heavy atom. The molecule has 0 fully saturated rings. The number of halogens is 2. The van der Waals surface area contributed by atoms with Crippen LogP contribution in [0, 0.1) is 15.9 Å². The zero-order valence-corrected chi connectivity index (χ0v) is 8.82. The van der Waals surface area contributed by atoms with Gasteiger partial charge in [-0.25, -0.2) is 4.39 Å². The molecule has 1 aromatic rings. The van der Waals surface area contributed by atoms with E-state index in [0.29, 0.717) is 0 Å². The maximum Gasteiger partial charge on any atom is 0.307 e. The molecule has 1 aromatic carbocycles. The lowest BCUT2D eigenvalue weighted by Gasteiger charge is -2.02. The molecule has 0 bridgehead atoms. The Labute approximate surface area is 91.8 Å². The highest BCUT2D eigenvalue weighted by molar-refractivity contribution is 9.10. The molecule has 1 rings (SSSR count). The highest BCUT2D eigenvalue weighted by Gasteiger charge is 2.19. The first kappa shape index (κ1) is 11.6. The average molecular weight is 278 g/mol. The van der Waals surface area contributed by atoms with Crippen LogP contribution in [0.1, 0.15) is 5.56 Å². The van der Waals surface area contributed by atoms with Crippen molar-refractivity contribution >= 4 is 27.6 Å². The van der Waals surface area contributed by atoms with Gasteiger partial charge in [-0.05, 0) is 27.6 Å². The Kier molecular flexibility index (Phi) is 3.35. The number of rotatable bonds is 3. The zero-order valence-electron chi connectivity index (χ0n) is 7.24. The van der Waals surface area contributed by atoms with E-state index >= 15 is 0 Å². The summed E-state index contributed by atoms with van der Waals surface area (Å²) in [7, 11) is 0.